The van der Waals surface area contributed by atoms with E-state index in [-0.39, 0.29) is 12.1 Å². The average molecular weight is 305 g/mol. The van der Waals surface area contributed by atoms with Gasteiger partial charge in [-0.2, -0.15) is 0 Å². The Morgan fingerprint density at radius 1 is 1.45 bits per heavy atom. The van der Waals surface area contributed by atoms with Gasteiger partial charge in [-0.1, -0.05) is 0 Å². The second kappa shape index (κ2) is 5.80. The number of ether oxygens (including phenoxy) is 3. The first-order valence-corrected chi connectivity index (χ1v) is 7.10. The van der Waals surface area contributed by atoms with Crippen molar-refractivity contribution in [3.8, 4) is 23.0 Å². The molecule has 1 atom stereocenters. The molecule has 2 aromatic heterocycles. The zero-order chi connectivity index (χ0) is 15.7. The van der Waals surface area contributed by atoms with Gasteiger partial charge in [0.25, 0.3) is 5.88 Å². The van der Waals surface area contributed by atoms with E-state index in [9.17, 15) is 0 Å². The molecule has 8 nitrogen and oxygen atoms in total. The first-order chi connectivity index (χ1) is 10.6. The Kier molecular flexibility index (Phi) is 3.84. The number of nitrogens with two attached hydrogens (primary N) is 1. The Bertz CT molecular complexity index is 670. The van der Waals surface area contributed by atoms with Gasteiger partial charge >= 0.3 is 0 Å². The van der Waals surface area contributed by atoms with Crippen LogP contribution in [0, 0.1) is 0 Å². The Labute approximate surface area is 128 Å². The van der Waals surface area contributed by atoms with Crippen LogP contribution >= 0.6 is 0 Å². The Morgan fingerprint density at radius 3 is 3.00 bits per heavy atom. The van der Waals surface area contributed by atoms with Crippen molar-refractivity contribution in [2.45, 2.75) is 26.0 Å². The van der Waals surface area contributed by atoms with E-state index < -0.39 is 0 Å². The number of pyridine rings is 1. The summed E-state index contributed by atoms with van der Waals surface area (Å²) in [5, 5.41) is 8.16. The van der Waals surface area contributed by atoms with Gasteiger partial charge in [-0.05, 0) is 19.9 Å². The number of hydrogen-bond donors (Lipinski definition) is 1. The maximum Gasteiger partial charge on any atom is 0.258 e. The lowest BCUT2D eigenvalue weighted by molar-refractivity contribution is 0.123. The molecule has 22 heavy (non-hydrogen) atoms. The molecular formula is C14H19N5O3. The average Bonchev–Trinajstić information content (AvgIpc) is 2.77. The highest BCUT2D eigenvalue weighted by Gasteiger charge is 2.29. The number of anilines is 1. The molecule has 0 aromatic carbocycles. The first-order valence-electron chi connectivity index (χ1n) is 7.10. The maximum atomic E-state index is 5.96. The predicted octanol–water partition coefficient (Wildman–Crippen LogP) is 1.29. The number of nitrogen functional groups attached to an aromatic ring is 1. The van der Waals surface area contributed by atoms with Crippen LogP contribution in [0.25, 0.3) is 11.4 Å². The summed E-state index contributed by atoms with van der Waals surface area (Å²) in [6.45, 7) is 4.69. The van der Waals surface area contributed by atoms with E-state index in [1.807, 2.05) is 24.5 Å². The first kappa shape index (κ1) is 14.6. The molecule has 0 amide bonds. The van der Waals surface area contributed by atoms with Crippen LogP contribution in [0.4, 0.5) is 5.95 Å². The molecule has 2 N–H and O–H groups in total. The smallest absolute Gasteiger partial charge is 0.258 e. The van der Waals surface area contributed by atoms with Crippen LogP contribution in [0.3, 0.4) is 0 Å². The van der Waals surface area contributed by atoms with Crippen molar-refractivity contribution in [2.75, 3.05) is 26.1 Å². The Morgan fingerprint density at radius 2 is 2.27 bits per heavy atom. The van der Waals surface area contributed by atoms with Crippen LogP contribution < -0.4 is 15.2 Å². The molecule has 0 spiro atoms. The minimum Gasteiger partial charge on any atom is -0.485 e. The fourth-order valence-corrected chi connectivity index (χ4v) is 2.47. The molecule has 8 heteroatoms. The number of methoxy groups -OCH3 is 1. The molecule has 0 radical (unpaired) electrons. The third-order valence-electron chi connectivity index (χ3n) is 3.33. The van der Waals surface area contributed by atoms with Crippen LogP contribution in [-0.2, 0) is 4.74 Å². The van der Waals surface area contributed by atoms with Crippen molar-refractivity contribution in [1.29, 1.82) is 0 Å². The van der Waals surface area contributed by atoms with Gasteiger partial charge in [0.05, 0.1) is 24.3 Å². The molecule has 1 unspecified atom stereocenters. The summed E-state index contributed by atoms with van der Waals surface area (Å²) in [7, 11) is 1.63. The fourth-order valence-electron chi connectivity index (χ4n) is 2.47. The quantitative estimate of drug-likeness (QED) is 0.908. The summed E-state index contributed by atoms with van der Waals surface area (Å²) in [4.78, 5) is 4.26. The van der Waals surface area contributed by atoms with E-state index in [1.54, 1.807) is 13.3 Å². The molecule has 0 saturated carbocycles. The SMILES string of the molecule is COCC1COc2c(ccnc2OC(C)C)-c2nnc(N)n21. The maximum absolute atomic E-state index is 5.96. The third kappa shape index (κ3) is 2.45. The highest BCUT2D eigenvalue weighted by molar-refractivity contribution is 5.68. The Hall–Kier alpha value is -2.35. The summed E-state index contributed by atoms with van der Waals surface area (Å²) < 4.78 is 18.7. The third-order valence-corrected chi connectivity index (χ3v) is 3.33. The largest absolute Gasteiger partial charge is 0.485 e. The molecule has 118 valence electrons. The number of aromatic nitrogens is 4. The van der Waals surface area contributed by atoms with Gasteiger partial charge in [0, 0.05) is 13.3 Å². The number of hydrogen-bond acceptors (Lipinski definition) is 7. The van der Waals surface area contributed by atoms with Crippen molar-refractivity contribution in [3.63, 3.8) is 0 Å². The van der Waals surface area contributed by atoms with Crippen LogP contribution in [-0.4, -0.2) is 46.2 Å². The minimum atomic E-state index is -0.116. The van der Waals surface area contributed by atoms with Crippen molar-refractivity contribution >= 4 is 5.95 Å². The number of rotatable bonds is 4. The molecule has 3 rings (SSSR count). The summed E-state index contributed by atoms with van der Waals surface area (Å²) in [5.41, 5.74) is 6.72. The van der Waals surface area contributed by atoms with E-state index in [0.717, 1.165) is 5.56 Å². The van der Waals surface area contributed by atoms with E-state index in [4.69, 9.17) is 19.9 Å². The molecule has 1 aliphatic rings. The molecule has 0 fully saturated rings. The van der Waals surface area contributed by atoms with Gasteiger partial charge in [-0.3, -0.25) is 4.57 Å². The number of nitrogens with zero attached hydrogens (tertiary/aromatic N) is 4. The number of fused-ring (bicyclic) bond motifs is 3. The van der Waals surface area contributed by atoms with Crippen molar-refractivity contribution < 1.29 is 14.2 Å². The van der Waals surface area contributed by atoms with E-state index >= 15 is 0 Å². The molecule has 3 heterocycles. The second-order valence-electron chi connectivity index (χ2n) is 5.33. The van der Waals surface area contributed by atoms with E-state index in [2.05, 4.69) is 15.2 Å². The fraction of sp³-hybridized carbons (Fsp3) is 0.500. The Balaban J connectivity index is 2.12. The van der Waals surface area contributed by atoms with Crippen LogP contribution in [0.2, 0.25) is 0 Å². The summed E-state index contributed by atoms with van der Waals surface area (Å²) in [5.74, 6) is 1.96. The van der Waals surface area contributed by atoms with Gasteiger partial charge < -0.3 is 19.9 Å². The van der Waals surface area contributed by atoms with Crippen molar-refractivity contribution in [2.24, 2.45) is 0 Å². The van der Waals surface area contributed by atoms with Gasteiger partial charge in [0.15, 0.2) is 11.6 Å². The molecule has 1 aliphatic heterocycles. The van der Waals surface area contributed by atoms with Gasteiger partial charge in [-0.25, -0.2) is 4.98 Å². The monoisotopic (exact) mass is 305 g/mol. The van der Waals surface area contributed by atoms with Gasteiger partial charge in [0.1, 0.15) is 6.61 Å². The second-order valence-corrected chi connectivity index (χ2v) is 5.33. The lowest BCUT2D eigenvalue weighted by Gasteiger charge is -2.17. The molecule has 2 aromatic rings. The van der Waals surface area contributed by atoms with E-state index in [0.29, 0.717) is 36.6 Å². The summed E-state index contributed by atoms with van der Waals surface area (Å²) in [6.07, 6.45) is 1.65. The van der Waals surface area contributed by atoms with Crippen LogP contribution in [0.1, 0.15) is 19.9 Å². The lowest BCUT2D eigenvalue weighted by Crippen LogP contribution is -2.22. The van der Waals surface area contributed by atoms with Crippen LogP contribution in [0.5, 0.6) is 11.6 Å². The van der Waals surface area contributed by atoms with Crippen molar-refractivity contribution in [3.05, 3.63) is 12.3 Å². The molecule has 0 aliphatic carbocycles. The van der Waals surface area contributed by atoms with Crippen LogP contribution in [0.15, 0.2) is 12.3 Å². The predicted molar refractivity (Wildman–Crippen MR) is 79.8 cm³/mol. The standard InChI is InChI=1S/C14H19N5O3/c1-8(2)22-13-11-10(4-5-16-13)12-17-18-14(15)19(12)9(6-20-3)7-21-11/h4-5,8-9H,6-7H2,1-3H3,(H2,15,18). The molecular weight excluding hydrogens is 286 g/mol. The highest BCUT2D eigenvalue weighted by atomic mass is 16.5. The molecule has 0 saturated heterocycles. The molecule has 0 bridgehead atoms. The normalized spacial score (nSPS) is 16.6. The topological polar surface area (TPSA) is 97.3 Å². The summed E-state index contributed by atoms with van der Waals surface area (Å²) >= 11 is 0. The zero-order valence-corrected chi connectivity index (χ0v) is 12.8. The van der Waals surface area contributed by atoms with E-state index in [1.165, 1.54) is 0 Å². The minimum absolute atomic E-state index is 0.0106. The highest BCUT2D eigenvalue weighted by Crippen LogP contribution is 2.40. The lowest BCUT2D eigenvalue weighted by atomic mass is 10.2. The zero-order valence-electron chi connectivity index (χ0n) is 12.8. The van der Waals surface area contributed by atoms with Crippen molar-refractivity contribution in [1.82, 2.24) is 19.7 Å². The van der Waals surface area contributed by atoms with Gasteiger partial charge in [0.2, 0.25) is 5.95 Å². The summed E-state index contributed by atoms with van der Waals surface area (Å²) in [6, 6.07) is 1.70. The van der Waals surface area contributed by atoms with Gasteiger partial charge in [-0.15, -0.1) is 10.2 Å².